The molecule has 5 nitrogen and oxygen atoms in total. The van der Waals surface area contributed by atoms with E-state index < -0.39 is 31.1 Å². The molecule has 0 spiro atoms. The van der Waals surface area contributed by atoms with Gasteiger partial charge >= 0.3 is 12.1 Å². The maximum Gasteiger partial charge on any atom is 0.406 e. The molecule has 1 unspecified atom stereocenters. The summed E-state index contributed by atoms with van der Waals surface area (Å²) in [5.74, 6) is -2.34. The van der Waals surface area contributed by atoms with Crippen molar-refractivity contribution in [3.05, 3.63) is 0 Å². The summed E-state index contributed by atoms with van der Waals surface area (Å²) in [6.45, 7) is -0.910. The van der Waals surface area contributed by atoms with Crippen molar-refractivity contribution in [1.29, 1.82) is 0 Å². The van der Waals surface area contributed by atoms with Gasteiger partial charge in [-0.25, -0.2) is 0 Å². The average Bonchev–Trinajstić information content (AvgIpc) is 2.09. The van der Waals surface area contributed by atoms with E-state index in [9.17, 15) is 22.8 Å². The minimum absolute atomic E-state index is 0.193. The first kappa shape index (κ1) is 15.7. The summed E-state index contributed by atoms with van der Waals surface area (Å²) in [5.41, 5.74) is 5.36. The number of rotatable bonds is 6. The number of hydrogen-bond acceptors (Lipinski definition) is 3. The van der Waals surface area contributed by atoms with Crippen LogP contribution in [0.15, 0.2) is 0 Å². The molecule has 3 N–H and O–H groups in total. The molecule has 0 bridgehead atoms. The predicted octanol–water partition coefficient (Wildman–Crippen LogP) is 0.589. The lowest BCUT2D eigenvalue weighted by molar-refractivity contribution is -0.165. The molecule has 0 rings (SSSR count). The Morgan fingerprint density at radius 2 is 1.94 bits per heavy atom. The zero-order chi connectivity index (χ0) is 13.6. The highest BCUT2D eigenvalue weighted by Gasteiger charge is 2.33. The molecule has 0 aromatic carbocycles. The van der Waals surface area contributed by atoms with E-state index in [1.807, 2.05) is 0 Å². The molecule has 0 saturated carbocycles. The van der Waals surface area contributed by atoms with Crippen molar-refractivity contribution >= 4 is 11.9 Å². The Bertz CT molecular complexity index is 279. The molecule has 100 valence electrons. The Labute approximate surface area is 96.4 Å². The van der Waals surface area contributed by atoms with Crippen LogP contribution >= 0.6 is 0 Å². The minimum atomic E-state index is -4.61. The fourth-order valence-corrected chi connectivity index (χ4v) is 1.12. The number of carbonyl (C=O) groups is 2. The van der Waals surface area contributed by atoms with Gasteiger partial charge in [-0.1, -0.05) is 0 Å². The fourth-order valence-electron chi connectivity index (χ4n) is 1.12. The lowest BCUT2D eigenvalue weighted by Crippen LogP contribution is -2.42. The van der Waals surface area contributed by atoms with Crippen LogP contribution < -0.4 is 5.73 Å². The van der Waals surface area contributed by atoms with Crippen molar-refractivity contribution < 1.29 is 27.9 Å². The molecule has 0 fully saturated rings. The molecule has 17 heavy (non-hydrogen) atoms. The van der Waals surface area contributed by atoms with Gasteiger partial charge in [-0.3, -0.25) is 9.59 Å². The van der Waals surface area contributed by atoms with Crippen LogP contribution in [0.2, 0.25) is 0 Å². The first-order chi connectivity index (χ1) is 7.61. The molecule has 0 aromatic rings. The largest absolute Gasteiger partial charge is 0.480 e. The maximum absolute atomic E-state index is 12.1. The normalized spacial score (nSPS) is 13.2. The van der Waals surface area contributed by atoms with Crippen molar-refractivity contribution in [2.45, 2.75) is 32.0 Å². The summed E-state index contributed by atoms with van der Waals surface area (Å²) in [7, 11) is 0. The second-order valence-electron chi connectivity index (χ2n) is 3.77. The minimum Gasteiger partial charge on any atom is -0.480 e. The summed E-state index contributed by atoms with van der Waals surface area (Å²) >= 11 is 0. The van der Waals surface area contributed by atoms with E-state index in [0.29, 0.717) is 0 Å². The number of aliphatic carboxylic acids is 1. The Balaban J connectivity index is 4.45. The second-order valence-corrected chi connectivity index (χ2v) is 3.77. The van der Waals surface area contributed by atoms with Gasteiger partial charge in [0.15, 0.2) is 0 Å². The smallest absolute Gasteiger partial charge is 0.406 e. The summed E-state index contributed by atoms with van der Waals surface area (Å²) in [6, 6.07) is -0.323. The number of hydrogen-bond donors (Lipinski definition) is 2. The van der Waals surface area contributed by atoms with E-state index in [2.05, 4.69) is 0 Å². The monoisotopic (exact) mass is 256 g/mol. The Morgan fingerprint density at radius 1 is 1.41 bits per heavy atom. The van der Waals surface area contributed by atoms with Gasteiger partial charge in [-0.05, 0) is 13.3 Å². The van der Waals surface area contributed by atoms with Crippen LogP contribution in [0.1, 0.15) is 19.8 Å². The molecule has 0 aromatic heterocycles. The van der Waals surface area contributed by atoms with Gasteiger partial charge in [0.2, 0.25) is 5.91 Å². The quantitative estimate of drug-likeness (QED) is 0.728. The summed E-state index contributed by atoms with van der Waals surface area (Å²) in [5, 5.41) is 8.42. The number of nitrogens with two attached hydrogens (primary N) is 1. The number of alkyl halides is 3. The number of nitrogens with zero attached hydrogens (tertiary/aromatic N) is 1. The number of halogens is 3. The van der Waals surface area contributed by atoms with Crippen molar-refractivity contribution in [3.8, 4) is 0 Å². The van der Waals surface area contributed by atoms with Gasteiger partial charge in [0.05, 0.1) is 0 Å². The molecule has 1 amide bonds. The highest BCUT2D eigenvalue weighted by Crippen LogP contribution is 2.17. The summed E-state index contributed by atoms with van der Waals surface area (Å²) < 4.78 is 36.3. The summed E-state index contributed by atoms with van der Waals surface area (Å²) in [6.07, 6.45) is -4.59. The fraction of sp³-hybridized carbons (Fsp3) is 0.778. The third kappa shape index (κ3) is 8.49. The van der Waals surface area contributed by atoms with E-state index >= 15 is 0 Å². The Morgan fingerprint density at radius 3 is 2.29 bits per heavy atom. The third-order valence-corrected chi connectivity index (χ3v) is 1.86. The Kier molecular flexibility index (Phi) is 5.94. The number of amides is 1. The predicted molar refractivity (Wildman–Crippen MR) is 53.2 cm³/mol. The van der Waals surface area contributed by atoms with Gasteiger partial charge < -0.3 is 15.7 Å². The zero-order valence-corrected chi connectivity index (χ0v) is 9.33. The van der Waals surface area contributed by atoms with Gasteiger partial charge in [-0.2, -0.15) is 13.2 Å². The zero-order valence-electron chi connectivity index (χ0n) is 9.33. The maximum atomic E-state index is 12.1. The van der Waals surface area contributed by atoms with Crippen LogP contribution in [0, 0.1) is 0 Å². The van der Waals surface area contributed by atoms with Crippen molar-refractivity contribution in [2.75, 3.05) is 13.1 Å². The van der Waals surface area contributed by atoms with Crippen LogP contribution in [0.4, 0.5) is 13.2 Å². The lowest BCUT2D eigenvalue weighted by Gasteiger charge is -2.22. The lowest BCUT2D eigenvalue weighted by atomic mass is 10.2. The highest BCUT2D eigenvalue weighted by atomic mass is 19.4. The van der Waals surface area contributed by atoms with Gasteiger partial charge in [0.1, 0.15) is 13.1 Å². The highest BCUT2D eigenvalue weighted by molar-refractivity contribution is 5.81. The topological polar surface area (TPSA) is 83.6 Å². The molecular weight excluding hydrogens is 241 g/mol. The van der Waals surface area contributed by atoms with Crippen LogP contribution in [0.25, 0.3) is 0 Å². The summed E-state index contributed by atoms with van der Waals surface area (Å²) in [4.78, 5) is 22.0. The Hall–Kier alpha value is -1.31. The third-order valence-electron chi connectivity index (χ3n) is 1.86. The van der Waals surface area contributed by atoms with Crippen molar-refractivity contribution in [1.82, 2.24) is 4.90 Å². The molecule has 0 aliphatic carbocycles. The second kappa shape index (κ2) is 6.43. The van der Waals surface area contributed by atoms with Gasteiger partial charge in [0.25, 0.3) is 0 Å². The van der Waals surface area contributed by atoms with E-state index in [0.717, 1.165) is 0 Å². The van der Waals surface area contributed by atoms with E-state index in [-0.39, 0.29) is 23.8 Å². The van der Waals surface area contributed by atoms with Crippen molar-refractivity contribution in [2.24, 2.45) is 5.73 Å². The van der Waals surface area contributed by atoms with Crippen LogP contribution in [0.5, 0.6) is 0 Å². The van der Waals surface area contributed by atoms with E-state index in [1.54, 1.807) is 6.92 Å². The van der Waals surface area contributed by atoms with Crippen LogP contribution in [-0.4, -0.2) is 47.2 Å². The standard InChI is InChI=1S/C9H15F3N2O3/c1-6(13)2-3-7(15)14(4-8(16)17)5-9(10,11)12/h6H,2-5,13H2,1H3,(H,16,17). The number of carbonyl (C=O) groups excluding carboxylic acids is 1. The number of carboxylic acid groups (broad SMARTS) is 1. The molecule has 0 saturated heterocycles. The molecule has 0 heterocycles. The molecule has 1 atom stereocenters. The molecule has 8 heteroatoms. The number of carboxylic acids is 1. The molecule has 0 aliphatic rings. The van der Waals surface area contributed by atoms with E-state index in [1.165, 1.54) is 0 Å². The van der Waals surface area contributed by atoms with Crippen LogP contribution in [-0.2, 0) is 9.59 Å². The SMILES string of the molecule is CC(N)CCC(=O)N(CC(=O)O)CC(F)(F)F. The molecular formula is C9H15F3N2O3. The first-order valence-corrected chi connectivity index (χ1v) is 4.93. The van der Waals surface area contributed by atoms with E-state index in [4.69, 9.17) is 10.8 Å². The first-order valence-electron chi connectivity index (χ1n) is 4.93. The van der Waals surface area contributed by atoms with Crippen LogP contribution in [0.3, 0.4) is 0 Å². The molecule has 0 aliphatic heterocycles. The van der Waals surface area contributed by atoms with Gasteiger partial charge in [0, 0.05) is 12.5 Å². The van der Waals surface area contributed by atoms with Crippen molar-refractivity contribution in [3.63, 3.8) is 0 Å². The molecule has 0 radical (unpaired) electrons. The average molecular weight is 256 g/mol. The van der Waals surface area contributed by atoms with Gasteiger partial charge in [-0.15, -0.1) is 0 Å².